The maximum Gasteiger partial charge on any atom is 0.271 e. The van der Waals surface area contributed by atoms with E-state index in [4.69, 9.17) is 4.74 Å². The third-order valence-electron chi connectivity index (χ3n) is 5.52. The first kappa shape index (κ1) is 17.0. The van der Waals surface area contributed by atoms with E-state index in [2.05, 4.69) is 37.0 Å². The highest BCUT2D eigenvalue weighted by molar-refractivity contribution is 5.92. The SMILES string of the molecule is CN1CCN([C@H]2COC[C@@H]2NC(=O)c2cn3c(n2)CCNCC3)CC1. The van der Waals surface area contributed by atoms with Crippen molar-refractivity contribution < 1.29 is 9.53 Å². The number of rotatable bonds is 3. The van der Waals surface area contributed by atoms with E-state index >= 15 is 0 Å². The highest BCUT2D eigenvalue weighted by Gasteiger charge is 2.35. The first-order valence-corrected chi connectivity index (χ1v) is 9.28. The number of hydrogen-bond acceptors (Lipinski definition) is 6. The van der Waals surface area contributed by atoms with E-state index in [0.717, 1.165) is 58.1 Å². The summed E-state index contributed by atoms with van der Waals surface area (Å²) in [6, 6.07) is 0.307. The summed E-state index contributed by atoms with van der Waals surface area (Å²) in [5, 5.41) is 6.51. The largest absolute Gasteiger partial charge is 0.378 e. The fourth-order valence-corrected chi connectivity index (χ4v) is 3.92. The normalized spacial score (nSPS) is 28.5. The van der Waals surface area contributed by atoms with E-state index in [1.54, 1.807) is 0 Å². The van der Waals surface area contributed by atoms with Crippen molar-refractivity contribution in [3.8, 4) is 0 Å². The number of nitrogens with one attached hydrogen (secondary N) is 2. The molecule has 0 saturated carbocycles. The van der Waals surface area contributed by atoms with Crippen LogP contribution in [0.15, 0.2) is 6.20 Å². The van der Waals surface area contributed by atoms with Crippen LogP contribution in [0.3, 0.4) is 0 Å². The highest BCUT2D eigenvalue weighted by Crippen LogP contribution is 2.16. The van der Waals surface area contributed by atoms with Crippen LogP contribution < -0.4 is 10.6 Å². The molecule has 3 aliphatic heterocycles. The Bertz CT molecular complexity index is 587. The number of hydrogen-bond donors (Lipinski definition) is 2. The van der Waals surface area contributed by atoms with E-state index in [1.807, 2.05) is 6.20 Å². The first-order valence-electron chi connectivity index (χ1n) is 9.28. The number of carbonyl (C=O) groups excluding carboxylic acids is 1. The molecular weight excluding hydrogens is 320 g/mol. The molecule has 0 bridgehead atoms. The number of amides is 1. The molecule has 1 aromatic heterocycles. The molecule has 0 radical (unpaired) electrons. The van der Waals surface area contributed by atoms with Crippen LogP contribution >= 0.6 is 0 Å². The van der Waals surface area contributed by atoms with E-state index in [9.17, 15) is 4.79 Å². The van der Waals surface area contributed by atoms with Crippen molar-refractivity contribution in [3.63, 3.8) is 0 Å². The molecule has 2 atom stereocenters. The fourth-order valence-electron chi connectivity index (χ4n) is 3.92. The van der Waals surface area contributed by atoms with Crippen LogP contribution in [0, 0.1) is 0 Å². The number of nitrogens with zero attached hydrogens (tertiary/aromatic N) is 4. The van der Waals surface area contributed by atoms with Gasteiger partial charge in [-0.1, -0.05) is 0 Å². The second kappa shape index (κ2) is 7.41. The molecule has 0 aromatic carbocycles. The molecule has 4 rings (SSSR count). The van der Waals surface area contributed by atoms with E-state index in [0.29, 0.717) is 18.9 Å². The van der Waals surface area contributed by atoms with Crippen molar-refractivity contribution in [1.29, 1.82) is 0 Å². The topological polar surface area (TPSA) is 74.7 Å². The Morgan fingerprint density at radius 2 is 2.08 bits per heavy atom. The van der Waals surface area contributed by atoms with Crippen molar-refractivity contribution >= 4 is 5.91 Å². The average Bonchev–Trinajstić information content (AvgIpc) is 3.17. The molecule has 8 heteroatoms. The molecule has 0 aliphatic carbocycles. The van der Waals surface area contributed by atoms with Crippen molar-refractivity contribution in [3.05, 3.63) is 17.7 Å². The number of aromatic nitrogens is 2. The van der Waals surface area contributed by atoms with Gasteiger partial charge in [-0.15, -0.1) is 0 Å². The number of ether oxygens (including phenoxy) is 1. The minimum atomic E-state index is -0.0804. The zero-order chi connectivity index (χ0) is 17.2. The van der Waals surface area contributed by atoms with Crippen LogP contribution in [0.4, 0.5) is 0 Å². The van der Waals surface area contributed by atoms with Gasteiger partial charge in [0.15, 0.2) is 0 Å². The summed E-state index contributed by atoms with van der Waals surface area (Å²) >= 11 is 0. The lowest BCUT2D eigenvalue weighted by molar-refractivity contribution is 0.0826. The summed E-state index contributed by atoms with van der Waals surface area (Å²) in [5.41, 5.74) is 0.529. The number of imidazole rings is 1. The van der Waals surface area contributed by atoms with E-state index in [-0.39, 0.29) is 18.0 Å². The summed E-state index contributed by atoms with van der Waals surface area (Å²) in [6.45, 7) is 8.18. The lowest BCUT2D eigenvalue weighted by Crippen LogP contribution is -2.56. The van der Waals surface area contributed by atoms with Gasteiger partial charge < -0.3 is 24.8 Å². The van der Waals surface area contributed by atoms with Crippen molar-refractivity contribution in [2.24, 2.45) is 0 Å². The van der Waals surface area contributed by atoms with Crippen LogP contribution in [0.2, 0.25) is 0 Å². The number of fused-ring (bicyclic) bond motifs is 1. The Morgan fingerprint density at radius 1 is 1.24 bits per heavy atom. The average molecular weight is 348 g/mol. The zero-order valence-electron chi connectivity index (χ0n) is 14.9. The van der Waals surface area contributed by atoms with Crippen molar-refractivity contribution in [2.75, 3.05) is 59.5 Å². The van der Waals surface area contributed by atoms with Gasteiger partial charge in [0.2, 0.25) is 0 Å². The van der Waals surface area contributed by atoms with Crippen molar-refractivity contribution in [1.82, 2.24) is 30.0 Å². The predicted molar refractivity (Wildman–Crippen MR) is 93.7 cm³/mol. The van der Waals surface area contributed by atoms with Gasteiger partial charge in [0.05, 0.1) is 25.3 Å². The molecule has 0 spiro atoms. The van der Waals surface area contributed by atoms with Crippen LogP contribution in [-0.2, 0) is 17.7 Å². The molecule has 8 nitrogen and oxygen atoms in total. The van der Waals surface area contributed by atoms with Gasteiger partial charge in [0, 0.05) is 58.4 Å². The maximum atomic E-state index is 12.7. The Kier molecular flexibility index (Phi) is 5.03. The molecule has 2 N–H and O–H groups in total. The van der Waals surface area contributed by atoms with Crippen molar-refractivity contribution in [2.45, 2.75) is 25.0 Å². The van der Waals surface area contributed by atoms with Gasteiger partial charge in [-0.3, -0.25) is 9.69 Å². The molecule has 25 heavy (non-hydrogen) atoms. The molecule has 4 heterocycles. The Hall–Kier alpha value is -1.48. The number of carbonyl (C=O) groups is 1. The minimum Gasteiger partial charge on any atom is -0.378 e. The summed E-state index contributed by atoms with van der Waals surface area (Å²) in [4.78, 5) is 22.0. The highest BCUT2D eigenvalue weighted by atomic mass is 16.5. The standard InChI is InChI=1S/C17H28N6O2/c1-21-6-8-22(9-7-21)15-12-25-11-14(15)20-17(24)13-10-23-5-4-18-3-2-16(23)19-13/h10,14-15,18H,2-9,11-12H2,1H3,(H,20,24)/t14-,15-/m0/s1. The summed E-state index contributed by atoms with van der Waals surface area (Å²) in [7, 11) is 2.15. The quantitative estimate of drug-likeness (QED) is 0.713. The van der Waals surface area contributed by atoms with Crippen LogP contribution in [0.25, 0.3) is 0 Å². The van der Waals surface area contributed by atoms with Gasteiger partial charge in [-0.25, -0.2) is 4.98 Å². The lowest BCUT2D eigenvalue weighted by atomic mass is 10.1. The zero-order valence-corrected chi connectivity index (χ0v) is 14.9. The number of likely N-dealkylation sites (N-methyl/N-ethyl adjacent to an activating group) is 1. The summed E-state index contributed by atoms with van der Waals surface area (Å²) in [5.74, 6) is 0.914. The molecule has 2 saturated heterocycles. The predicted octanol–water partition coefficient (Wildman–Crippen LogP) is -1.23. The summed E-state index contributed by atoms with van der Waals surface area (Å²) < 4.78 is 7.78. The fraction of sp³-hybridized carbons (Fsp3) is 0.765. The molecule has 2 fully saturated rings. The molecule has 1 amide bonds. The third-order valence-corrected chi connectivity index (χ3v) is 5.52. The van der Waals surface area contributed by atoms with Gasteiger partial charge in [0.1, 0.15) is 11.5 Å². The second-order valence-corrected chi connectivity index (χ2v) is 7.26. The van der Waals surface area contributed by atoms with Gasteiger partial charge >= 0.3 is 0 Å². The Balaban J connectivity index is 1.40. The summed E-state index contributed by atoms with van der Waals surface area (Å²) in [6.07, 6.45) is 2.75. The van der Waals surface area contributed by atoms with Crippen LogP contribution in [0.5, 0.6) is 0 Å². The Labute approximate surface area is 148 Å². The maximum absolute atomic E-state index is 12.7. The molecule has 138 valence electrons. The monoisotopic (exact) mass is 348 g/mol. The molecule has 3 aliphatic rings. The molecule has 0 unspecified atom stereocenters. The van der Waals surface area contributed by atoms with Crippen LogP contribution in [-0.4, -0.2) is 96.9 Å². The number of piperazine rings is 1. The molecule has 1 aromatic rings. The van der Waals surface area contributed by atoms with E-state index in [1.165, 1.54) is 0 Å². The Morgan fingerprint density at radius 3 is 2.92 bits per heavy atom. The molecular formula is C17H28N6O2. The van der Waals surface area contributed by atoms with E-state index < -0.39 is 0 Å². The first-order chi connectivity index (χ1) is 12.2. The van der Waals surface area contributed by atoms with Gasteiger partial charge in [-0.2, -0.15) is 0 Å². The minimum absolute atomic E-state index is 0.0408. The van der Waals surface area contributed by atoms with Crippen LogP contribution in [0.1, 0.15) is 16.3 Å². The smallest absolute Gasteiger partial charge is 0.271 e. The lowest BCUT2D eigenvalue weighted by Gasteiger charge is -2.37. The van der Waals surface area contributed by atoms with Gasteiger partial charge in [0.25, 0.3) is 5.91 Å². The second-order valence-electron chi connectivity index (χ2n) is 7.26. The van der Waals surface area contributed by atoms with Gasteiger partial charge in [-0.05, 0) is 7.05 Å². The third kappa shape index (κ3) is 3.72.